The lowest BCUT2D eigenvalue weighted by Gasteiger charge is -2.11. The Labute approximate surface area is 109 Å². The van der Waals surface area contributed by atoms with E-state index in [1.807, 2.05) is 25.1 Å². The van der Waals surface area contributed by atoms with Gasteiger partial charge in [-0.1, -0.05) is 12.1 Å². The monoisotopic (exact) mass is 258 g/mol. The number of imidazole rings is 1. The average molecular weight is 258 g/mol. The van der Waals surface area contributed by atoms with E-state index in [1.165, 1.54) is 4.90 Å². The summed E-state index contributed by atoms with van der Waals surface area (Å²) in [4.78, 5) is 32.1. The number of anilines is 1. The van der Waals surface area contributed by atoms with Crippen LogP contribution in [-0.4, -0.2) is 28.3 Å². The summed E-state index contributed by atoms with van der Waals surface area (Å²) in [7, 11) is 0. The van der Waals surface area contributed by atoms with Crippen LogP contribution >= 0.6 is 0 Å². The van der Waals surface area contributed by atoms with Crippen LogP contribution in [0, 0.1) is 12.8 Å². The number of benzene rings is 1. The number of aromatic amines is 1. The van der Waals surface area contributed by atoms with Crippen molar-refractivity contribution in [3.63, 3.8) is 0 Å². The molecule has 98 valence electrons. The lowest BCUT2D eigenvalue weighted by molar-refractivity contribution is -0.123. The first-order valence-corrected chi connectivity index (χ1v) is 6.11. The molecule has 1 saturated heterocycles. The third-order valence-corrected chi connectivity index (χ3v) is 3.49. The highest BCUT2D eigenvalue weighted by molar-refractivity contribution is 5.99. The van der Waals surface area contributed by atoms with Gasteiger partial charge in [-0.2, -0.15) is 0 Å². The number of primary amides is 1. The molecule has 3 rings (SSSR count). The molecule has 6 nitrogen and oxygen atoms in total. The summed E-state index contributed by atoms with van der Waals surface area (Å²) in [5, 5.41) is 0. The summed E-state index contributed by atoms with van der Waals surface area (Å²) < 4.78 is 0. The summed E-state index contributed by atoms with van der Waals surface area (Å²) in [6.45, 7) is 2.26. The van der Waals surface area contributed by atoms with Gasteiger partial charge < -0.3 is 10.7 Å². The third kappa shape index (κ3) is 1.85. The van der Waals surface area contributed by atoms with E-state index in [9.17, 15) is 9.59 Å². The first kappa shape index (κ1) is 11.7. The summed E-state index contributed by atoms with van der Waals surface area (Å²) in [5.74, 6) is -0.511. The number of amides is 2. The van der Waals surface area contributed by atoms with Crippen LogP contribution in [0.15, 0.2) is 18.2 Å². The van der Waals surface area contributed by atoms with Crippen molar-refractivity contribution in [1.29, 1.82) is 0 Å². The Morgan fingerprint density at radius 2 is 2.32 bits per heavy atom. The number of nitrogens with one attached hydrogen (secondary N) is 1. The van der Waals surface area contributed by atoms with Crippen molar-refractivity contribution in [2.75, 3.05) is 11.4 Å². The minimum Gasteiger partial charge on any atom is -0.369 e. The molecule has 0 saturated carbocycles. The number of hydrogen-bond acceptors (Lipinski definition) is 3. The van der Waals surface area contributed by atoms with E-state index in [2.05, 4.69) is 9.97 Å². The summed E-state index contributed by atoms with van der Waals surface area (Å²) in [6.07, 6.45) is 0.158. The number of nitrogens with two attached hydrogens (primary N) is 1. The summed E-state index contributed by atoms with van der Waals surface area (Å²) >= 11 is 0. The SMILES string of the molecule is Cc1cccc2[nH]c(N3CC(C(N)=O)CC3=O)nc12. The molecular weight excluding hydrogens is 244 g/mol. The van der Waals surface area contributed by atoms with Gasteiger partial charge in [-0.3, -0.25) is 14.5 Å². The quantitative estimate of drug-likeness (QED) is 0.830. The van der Waals surface area contributed by atoms with Gasteiger partial charge in [0, 0.05) is 13.0 Å². The summed E-state index contributed by atoms with van der Waals surface area (Å²) in [6, 6.07) is 5.80. The number of H-pyrrole nitrogens is 1. The molecule has 2 amide bonds. The van der Waals surface area contributed by atoms with E-state index in [-0.39, 0.29) is 12.3 Å². The predicted molar refractivity (Wildman–Crippen MR) is 70.5 cm³/mol. The number of carbonyl (C=O) groups excluding carboxylic acids is 2. The van der Waals surface area contributed by atoms with Gasteiger partial charge in [0.1, 0.15) is 0 Å². The molecule has 1 aliphatic heterocycles. The molecule has 1 unspecified atom stereocenters. The number of aromatic nitrogens is 2. The van der Waals surface area contributed by atoms with E-state index < -0.39 is 11.8 Å². The Hall–Kier alpha value is -2.37. The van der Waals surface area contributed by atoms with Crippen LogP contribution in [0.4, 0.5) is 5.95 Å². The smallest absolute Gasteiger partial charge is 0.230 e. The molecule has 2 aromatic rings. The van der Waals surface area contributed by atoms with Gasteiger partial charge in [0.2, 0.25) is 17.8 Å². The fourth-order valence-electron chi connectivity index (χ4n) is 2.39. The Bertz CT molecular complexity index is 676. The molecule has 0 spiro atoms. The van der Waals surface area contributed by atoms with Gasteiger partial charge in [-0.15, -0.1) is 0 Å². The van der Waals surface area contributed by atoms with Gasteiger partial charge in [0.15, 0.2) is 0 Å². The maximum absolute atomic E-state index is 11.9. The van der Waals surface area contributed by atoms with Gasteiger partial charge in [0.25, 0.3) is 0 Å². The van der Waals surface area contributed by atoms with Gasteiger partial charge in [-0.25, -0.2) is 4.98 Å². The fourth-order valence-corrected chi connectivity index (χ4v) is 2.39. The number of fused-ring (bicyclic) bond motifs is 1. The van der Waals surface area contributed by atoms with Crippen LogP contribution in [-0.2, 0) is 9.59 Å². The Balaban J connectivity index is 1.99. The summed E-state index contributed by atoms with van der Waals surface area (Å²) in [5.41, 5.74) is 8.01. The van der Waals surface area contributed by atoms with Crippen LogP contribution in [0.5, 0.6) is 0 Å². The zero-order valence-corrected chi connectivity index (χ0v) is 10.5. The number of rotatable bonds is 2. The van der Waals surface area contributed by atoms with Crippen LogP contribution in [0.25, 0.3) is 11.0 Å². The first-order chi connectivity index (χ1) is 9.06. The van der Waals surface area contributed by atoms with Crippen molar-refractivity contribution in [2.24, 2.45) is 11.7 Å². The highest BCUT2D eigenvalue weighted by Crippen LogP contribution is 2.25. The number of hydrogen-bond donors (Lipinski definition) is 2. The van der Waals surface area contributed by atoms with E-state index in [0.717, 1.165) is 16.6 Å². The Morgan fingerprint density at radius 3 is 2.95 bits per heavy atom. The molecule has 1 atom stereocenters. The van der Waals surface area contributed by atoms with Crippen molar-refractivity contribution in [3.05, 3.63) is 23.8 Å². The molecule has 1 aromatic heterocycles. The Morgan fingerprint density at radius 1 is 1.53 bits per heavy atom. The van der Waals surface area contributed by atoms with Crippen molar-refractivity contribution >= 4 is 28.8 Å². The highest BCUT2D eigenvalue weighted by Gasteiger charge is 2.35. The van der Waals surface area contributed by atoms with E-state index in [0.29, 0.717) is 12.5 Å². The molecule has 0 bridgehead atoms. The van der Waals surface area contributed by atoms with E-state index in [4.69, 9.17) is 5.73 Å². The molecule has 0 radical (unpaired) electrons. The minimum atomic E-state index is -0.442. The maximum Gasteiger partial charge on any atom is 0.230 e. The zero-order valence-electron chi connectivity index (χ0n) is 10.5. The number of para-hydroxylation sites is 1. The zero-order chi connectivity index (χ0) is 13.6. The second-order valence-corrected chi connectivity index (χ2v) is 4.84. The molecule has 6 heteroatoms. The van der Waals surface area contributed by atoms with Crippen molar-refractivity contribution < 1.29 is 9.59 Å². The van der Waals surface area contributed by atoms with Crippen molar-refractivity contribution in [2.45, 2.75) is 13.3 Å². The fraction of sp³-hybridized carbons (Fsp3) is 0.308. The topological polar surface area (TPSA) is 92.1 Å². The molecule has 2 heterocycles. The minimum absolute atomic E-state index is 0.125. The molecule has 1 fully saturated rings. The third-order valence-electron chi connectivity index (χ3n) is 3.49. The molecule has 3 N–H and O–H groups in total. The van der Waals surface area contributed by atoms with Gasteiger partial charge in [-0.05, 0) is 18.6 Å². The predicted octanol–water partition coefficient (Wildman–Crippen LogP) is 0.710. The number of carbonyl (C=O) groups is 2. The number of aryl methyl sites for hydroxylation is 1. The van der Waals surface area contributed by atoms with Crippen LogP contribution in [0.2, 0.25) is 0 Å². The van der Waals surface area contributed by atoms with Gasteiger partial charge >= 0.3 is 0 Å². The van der Waals surface area contributed by atoms with Crippen molar-refractivity contribution in [3.8, 4) is 0 Å². The highest BCUT2D eigenvalue weighted by atomic mass is 16.2. The molecule has 0 aliphatic carbocycles. The number of nitrogens with zero attached hydrogens (tertiary/aromatic N) is 2. The Kier molecular flexibility index (Phi) is 2.51. The lowest BCUT2D eigenvalue weighted by Crippen LogP contribution is -2.29. The lowest BCUT2D eigenvalue weighted by atomic mass is 10.1. The molecular formula is C13H14N4O2. The van der Waals surface area contributed by atoms with Gasteiger partial charge in [0.05, 0.1) is 17.0 Å². The van der Waals surface area contributed by atoms with Crippen LogP contribution in [0.1, 0.15) is 12.0 Å². The standard InChI is InChI=1S/C13H14N4O2/c1-7-3-2-4-9-11(7)16-13(15-9)17-6-8(12(14)19)5-10(17)18/h2-4,8H,5-6H2,1H3,(H2,14,19)(H,15,16). The average Bonchev–Trinajstić information content (AvgIpc) is 2.93. The molecule has 1 aliphatic rings. The van der Waals surface area contributed by atoms with Crippen LogP contribution < -0.4 is 10.6 Å². The first-order valence-electron chi connectivity index (χ1n) is 6.11. The second-order valence-electron chi connectivity index (χ2n) is 4.84. The normalized spacial score (nSPS) is 19.3. The van der Waals surface area contributed by atoms with E-state index >= 15 is 0 Å². The molecule has 1 aromatic carbocycles. The molecule has 19 heavy (non-hydrogen) atoms. The maximum atomic E-state index is 11.9. The van der Waals surface area contributed by atoms with Crippen LogP contribution in [0.3, 0.4) is 0 Å². The second kappa shape index (κ2) is 4.08. The largest absolute Gasteiger partial charge is 0.369 e. The van der Waals surface area contributed by atoms with Crippen molar-refractivity contribution in [1.82, 2.24) is 9.97 Å². The van der Waals surface area contributed by atoms with E-state index in [1.54, 1.807) is 0 Å².